The van der Waals surface area contributed by atoms with E-state index in [9.17, 15) is 9.59 Å². The van der Waals surface area contributed by atoms with E-state index in [1.54, 1.807) is 0 Å². The molecule has 0 bridgehead atoms. The van der Waals surface area contributed by atoms with Crippen LogP contribution in [-0.2, 0) is 4.79 Å². The second kappa shape index (κ2) is 7.46. The molecule has 1 aromatic rings. The van der Waals surface area contributed by atoms with Crippen LogP contribution in [0.25, 0.3) is 0 Å². The number of aromatic amines is 1. The highest BCUT2D eigenvalue weighted by Crippen LogP contribution is 2.33. The summed E-state index contributed by atoms with van der Waals surface area (Å²) in [5.41, 5.74) is 1.02. The van der Waals surface area contributed by atoms with E-state index in [1.165, 1.54) is 0 Å². The Morgan fingerprint density at radius 3 is 3.00 bits per heavy atom. The maximum absolute atomic E-state index is 12.0. The first kappa shape index (κ1) is 17.1. The molecule has 132 valence electrons. The minimum absolute atomic E-state index is 0.00425. The third kappa shape index (κ3) is 4.03. The van der Waals surface area contributed by atoms with Crippen molar-refractivity contribution in [3.8, 4) is 0 Å². The van der Waals surface area contributed by atoms with E-state index in [4.69, 9.17) is 0 Å². The predicted octanol–water partition coefficient (Wildman–Crippen LogP) is 2.20. The quantitative estimate of drug-likeness (QED) is 0.447. The summed E-state index contributed by atoms with van der Waals surface area (Å²) in [6, 6.07) is 2.35. The standard InChI is InChI=1S/C16H25N5O2S/c1-9(2)10-7-13(21-20-10)18-14(22)6-4-3-5-12-15-11(8-24-12)17-16(23)19-15/h7,9,11-12,15H,3-6,8H2,1-2H3,(H2,17,19,23)(H2,18,20,21,22)/t11-,12-,15-/m0/s1. The molecule has 1 aromatic heterocycles. The Bertz CT molecular complexity index is 603. The molecular weight excluding hydrogens is 326 g/mol. The van der Waals surface area contributed by atoms with Crippen LogP contribution >= 0.6 is 11.8 Å². The van der Waals surface area contributed by atoms with Crippen molar-refractivity contribution in [3.63, 3.8) is 0 Å². The van der Waals surface area contributed by atoms with Crippen molar-refractivity contribution in [2.45, 2.75) is 62.8 Å². The molecule has 3 heterocycles. The number of aromatic nitrogens is 2. The number of amides is 3. The van der Waals surface area contributed by atoms with Gasteiger partial charge in [-0.1, -0.05) is 20.3 Å². The van der Waals surface area contributed by atoms with Crippen molar-refractivity contribution in [1.82, 2.24) is 20.8 Å². The molecule has 2 aliphatic rings. The second-order valence-electron chi connectivity index (χ2n) is 6.78. The van der Waals surface area contributed by atoms with Gasteiger partial charge in [-0.05, 0) is 18.8 Å². The molecular formula is C16H25N5O2S. The normalized spacial score (nSPS) is 25.5. The molecule has 0 unspecified atom stereocenters. The molecule has 3 rings (SSSR count). The molecule has 2 saturated heterocycles. The number of H-pyrrole nitrogens is 1. The molecule has 0 aromatic carbocycles. The van der Waals surface area contributed by atoms with Crippen LogP contribution in [-0.4, -0.2) is 45.2 Å². The first-order valence-electron chi connectivity index (χ1n) is 8.56. The summed E-state index contributed by atoms with van der Waals surface area (Å²) in [6.45, 7) is 4.15. The third-order valence-electron chi connectivity index (χ3n) is 4.57. The van der Waals surface area contributed by atoms with E-state index < -0.39 is 0 Å². The Morgan fingerprint density at radius 2 is 2.25 bits per heavy atom. The molecule has 8 heteroatoms. The van der Waals surface area contributed by atoms with Gasteiger partial charge < -0.3 is 16.0 Å². The molecule has 0 saturated carbocycles. The SMILES string of the molecule is CC(C)c1cc(NC(=O)CCCC[C@@H]2SC[C@@H]3NC(=O)N[C@@H]32)n[nH]1. The van der Waals surface area contributed by atoms with Gasteiger partial charge in [0.25, 0.3) is 0 Å². The lowest BCUT2D eigenvalue weighted by Crippen LogP contribution is -2.36. The molecule has 24 heavy (non-hydrogen) atoms. The van der Waals surface area contributed by atoms with Gasteiger partial charge in [0.1, 0.15) is 0 Å². The molecule has 0 radical (unpaired) electrons. The molecule has 0 spiro atoms. The molecule has 4 N–H and O–H groups in total. The number of unbranched alkanes of at least 4 members (excludes halogenated alkanes) is 1. The van der Waals surface area contributed by atoms with Gasteiger partial charge in [0, 0.05) is 29.2 Å². The number of anilines is 1. The zero-order chi connectivity index (χ0) is 17.1. The van der Waals surface area contributed by atoms with Gasteiger partial charge in [-0.3, -0.25) is 9.89 Å². The minimum atomic E-state index is -0.0468. The Morgan fingerprint density at radius 1 is 1.42 bits per heavy atom. The van der Waals surface area contributed by atoms with Crippen LogP contribution in [0.1, 0.15) is 51.1 Å². The topological polar surface area (TPSA) is 98.9 Å². The summed E-state index contributed by atoms with van der Waals surface area (Å²) in [7, 11) is 0. The lowest BCUT2D eigenvalue weighted by molar-refractivity contribution is -0.116. The largest absolute Gasteiger partial charge is 0.332 e. The lowest BCUT2D eigenvalue weighted by Gasteiger charge is -2.16. The van der Waals surface area contributed by atoms with Crippen LogP contribution in [0, 0.1) is 0 Å². The number of hydrogen-bond acceptors (Lipinski definition) is 4. The highest BCUT2D eigenvalue weighted by molar-refractivity contribution is 8.00. The smallest absolute Gasteiger partial charge is 0.315 e. The number of thioether (sulfide) groups is 1. The van der Waals surface area contributed by atoms with Gasteiger partial charge in [0.05, 0.1) is 12.1 Å². The van der Waals surface area contributed by atoms with Crippen molar-refractivity contribution in [2.24, 2.45) is 0 Å². The van der Waals surface area contributed by atoms with Crippen LogP contribution in [0.2, 0.25) is 0 Å². The Labute approximate surface area is 146 Å². The zero-order valence-electron chi connectivity index (χ0n) is 14.1. The molecule has 2 fully saturated rings. The summed E-state index contributed by atoms with van der Waals surface area (Å²) >= 11 is 1.91. The monoisotopic (exact) mass is 351 g/mol. The second-order valence-corrected chi connectivity index (χ2v) is 8.05. The lowest BCUT2D eigenvalue weighted by atomic mass is 10.0. The molecule has 0 aliphatic carbocycles. The fourth-order valence-electron chi connectivity index (χ4n) is 3.18. The Balaban J connectivity index is 1.34. The fraction of sp³-hybridized carbons (Fsp3) is 0.688. The fourth-order valence-corrected chi connectivity index (χ4v) is 4.72. The van der Waals surface area contributed by atoms with E-state index in [2.05, 4.69) is 40.0 Å². The number of hydrogen-bond donors (Lipinski definition) is 4. The van der Waals surface area contributed by atoms with Crippen molar-refractivity contribution in [2.75, 3.05) is 11.1 Å². The van der Waals surface area contributed by atoms with E-state index in [-0.39, 0.29) is 24.0 Å². The van der Waals surface area contributed by atoms with E-state index in [1.807, 2.05) is 17.8 Å². The molecule has 2 aliphatic heterocycles. The highest BCUT2D eigenvalue weighted by atomic mass is 32.2. The van der Waals surface area contributed by atoms with Gasteiger partial charge in [0.15, 0.2) is 5.82 Å². The van der Waals surface area contributed by atoms with Crippen molar-refractivity contribution < 1.29 is 9.59 Å². The van der Waals surface area contributed by atoms with Gasteiger partial charge >= 0.3 is 6.03 Å². The van der Waals surface area contributed by atoms with Crippen molar-refractivity contribution in [3.05, 3.63) is 11.8 Å². The number of carbonyl (C=O) groups is 2. The maximum Gasteiger partial charge on any atom is 0.315 e. The van der Waals surface area contributed by atoms with Gasteiger partial charge in [-0.2, -0.15) is 16.9 Å². The van der Waals surface area contributed by atoms with E-state index in [0.717, 1.165) is 30.7 Å². The van der Waals surface area contributed by atoms with Crippen LogP contribution in [0.3, 0.4) is 0 Å². The first-order chi connectivity index (χ1) is 11.5. The van der Waals surface area contributed by atoms with Crippen LogP contribution in [0.4, 0.5) is 10.6 Å². The Hall–Kier alpha value is -1.70. The summed E-state index contributed by atoms with van der Waals surface area (Å²) < 4.78 is 0. The third-order valence-corrected chi connectivity index (χ3v) is 6.08. The number of nitrogens with zero attached hydrogens (tertiary/aromatic N) is 1. The summed E-state index contributed by atoms with van der Waals surface area (Å²) in [5, 5.41) is 16.3. The number of urea groups is 1. The number of carbonyl (C=O) groups excluding carboxylic acids is 2. The molecule has 7 nitrogen and oxygen atoms in total. The van der Waals surface area contributed by atoms with Gasteiger partial charge in [0.2, 0.25) is 5.91 Å². The highest BCUT2D eigenvalue weighted by Gasteiger charge is 2.42. The number of fused-ring (bicyclic) bond motifs is 1. The molecule has 3 atom stereocenters. The van der Waals surface area contributed by atoms with Crippen LogP contribution < -0.4 is 16.0 Å². The van der Waals surface area contributed by atoms with Crippen LogP contribution in [0.15, 0.2) is 6.07 Å². The minimum Gasteiger partial charge on any atom is -0.332 e. The summed E-state index contributed by atoms with van der Waals surface area (Å²) in [6.07, 6.45) is 3.37. The van der Waals surface area contributed by atoms with Crippen molar-refractivity contribution in [1.29, 1.82) is 0 Å². The van der Waals surface area contributed by atoms with Crippen molar-refractivity contribution >= 4 is 29.5 Å². The number of nitrogens with one attached hydrogen (secondary N) is 4. The predicted molar refractivity (Wildman–Crippen MR) is 95.3 cm³/mol. The average molecular weight is 351 g/mol. The zero-order valence-corrected chi connectivity index (χ0v) is 14.9. The van der Waals surface area contributed by atoms with Gasteiger partial charge in [-0.25, -0.2) is 4.79 Å². The van der Waals surface area contributed by atoms with E-state index in [0.29, 0.717) is 23.4 Å². The first-order valence-corrected chi connectivity index (χ1v) is 9.61. The van der Waals surface area contributed by atoms with Gasteiger partial charge in [-0.15, -0.1) is 0 Å². The summed E-state index contributed by atoms with van der Waals surface area (Å²) in [5.74, 6) is 1.94. The summed E-state index contributed by atoms with van der Waals surface area (Å²) in [4.78, 5) is 23.3. The maximum atomic E-state index is 12.0. The average Bonchev–Trinajstić information content (AvgIpc) is 3.20. The van der Waals surface area contributed by atoms with E-state index >= 15 is 0 Å². The van der Waals surface area contributed by atoms with Crippen LogP contribution in [0.5, 0.6) is 0 Å². The molecule has 3 amide bonds. The number of rotatable bonds is 7. The Kier molecular flexibility index (Phi) is 5.33.